The van der Waals surface area contributed by atoms with E-state index in [1.54, 1.807) is 6.08 Å². The Morgan fingerprint density at radius 3 is 2.32 bits per heavy atom. The van der Waals surface area contributed by atoms with Crippen molar-refractivity contribution in [3.05, 3.63) is 25.3 Å². The Labute approximate surface area is 112 Å². The van der Waals surface area contributed by atoms with E-state index in [2.05, 4.69) is 28.6 Å². The van der Waals surface area contributed by atoms with Crippen molar-refractivity contribution in [2.75, 3.05) is 19.7 Å². The lowest BCUT2D eigenvalue weighted by Crippen LogP contribution is -2.37. The van der Waals surface area contributed by atoms with E-state index in [4.69, 9.17) is 5.84 Å². The third kappa shape index (κ3) is 18.6. The molecule has 0 bridgehead atoms. The van der Waals surface area contributed by atoms with Gasteiger partial charge in [-0.2, -0.15) is 0 Å². The number of hydrogen-bond acceptors (Lipinski definition) is 6. The Morgan fingerprint density at radius 2 is 1.89 bits per heavy atom. The van der Waals surface area contributed by atoms with E-state index in [1.165, 1.54) is 13.0 Å². The van der Waals surface area contributed by atoms with Crippen LogP contribution in [0.5, 0.6) is 0 Å². The van der Waals surface area contributed by atoms with Crippen LogP contribution in [0.15, 0.2) is 25.3 Å². The van der Waals surface area contributed by atoms with Gasteiger partial charge in [-0.05, 0) is 6.92 Å². The lowest BCUT2D eigenvalue weighted by Gasteiger charge is -1.98. The largest absolute Gasteiger partial charge is 0.461 e. The molecule has 0 aliphatic heterocycles. The lowest BCUT2D eigenvalue weighted by molar-refractivity contribution is -0.144. The molecule has 108 valence electrons. The second-order valence-corrected chi connectivity index (χ2v) is 3.32. The molecule has 0 fully saturated rings. The Kier molecular flexibility index (Phi) is 14.3. The molecule has 0 spiro atoms. The minimum Gasteiger partial charge on any atom is -0.461 e. The van der Waals surface area contributed by atoms with E-state index in [0.29, 0.717) is 6.54 Å². The number of rotatable bonds is 8. The zero-order valence-electron chi connectivity index (χ0n) is 11.1. The smallest absolute Gasteiger partial charge is 0.313 e. The van der Waals surface area contributed by atoms with Gasteiger partial charge in [0, 0.05) is 6.54 Å². The number of nitrogens with one attached hydrogen (secondary N) is 2. The first-order valence-corrected chi connectivity index (χ1v) is 5.54. The van der Waals surface area contributed by atoms with Crippen molar-refractivity contribution >= 4 is 17.7 Å². The topological polar surface area (TPSA) is 111 Å². The van der Waals surface area contributed by atoms with Gasteiger partial charge in [0.1, 0.15) is 18.8 Å². The van der Waals surface area contributed by atoms with Gasteiger partial charge in [-0.15, -0.1) is 6.58 Å². The van der Waals surface area contributed by atoms with E-state index < -0.39 is 5.97 Å². The number of carbonyl (C=O) groups excluding carboxylic acids is 3. The maximum Gasteiger partial charge on any atom is 0.313 e. The highest BCUT2D eigenvalue weighted by molar-refractivity contribution is 5.94. The standard InChI is InChI=1S/C7H10O3.C5H11N3O/c1-3-4-10-7(9)5-6(2)8;1-2-3-7-5(9)4-8-6/h3H,1,4-5H2,2H3;2,8H,1,3-4,6H2,(H,7,9). The number of ketones is 1. The first-order valence-electron chi connectivity index (χ1n) is 5.54. The molecule has 19 heavy (non-hydrogen) atoms. The zero-order chi connectivity index (χ0) is 15.1. The predicted octanol–water partition coefficient (Wildman–Crippen LogP) is -0.553. The zero-order valence-corrected chi connectivity index (χ0v) is 11.1. The van der Waals surface area contributed by atoms with Crippen molar-refractivity contribution in [1.82, 2.24) is 10.7 Å². The molecule has 0 aliphatic rings. The van der Waals surface area contributed by atoms with Gasteiger partial charge in [-0.3, -0.25) is 25.7 Å². The summed E-state index contributed by atoms with van der Waals surface area (Å²) in [6.45, 7) is 8.92. The molecule has 7 nitrogen and oxygen atoms in total. The lowest BCUT2D eigenvalue weighted by atomic mass is 10.3. The summed E-state index contributed by atoms with van der Waals surface area (Å²) in [7, 11) is 0. The van der Waals surface area contributed by atoms with Gasteiger partial charge in [-0.1, -0.05) is 18.7 Å². The number of ether oxygens (including phenoxy) is 1. The van der Waals surface area contributed by atoms with Crippen LogP contribution >= 0.6 is 0 Å². The minimum absolute atomic E-state index is 0.127. The van der Waals surface area contributed by atoms with E-state index in [1.807, 2.05) is 0 Å². The number of hydrazine groups is 1. The van der Waals surface area contributed by atoms with Crippen molar-refractivity contribution in [3.8, 4) is 0 Å². The van der Waals surface area contributed by atoms with Crippen LogP contribution in [0.3, 0.4) is 0 Å². The van der Waals surface area contributed by atoms with Gasteiger partial charge in [0.25, 0.3) is 0 Å². The molecule has 0 atom stereocenters. The van der Waals surface area contributed by atoms with Crippen LogP contribution in [0.2, 0.25) is 0 Å². The molecule has 0 aliphatic carbocycles. The maximum atomic E-state index is 10.5. The molecule has 1 amide bonds. The van der Waals surface area contributed by atoms with Crippen molar-refractivity contribution in [2.24, 2.45) is 5.84 Å². The van der Waals surface area contributed by atoms with Gasteiger partial charge < -0.3 is 10.1 Å². The summed E-state index contributed by atoms with van der Waals surface area (Å²) in [4.78, 5) is 31.3. The molecule has 4 N–H and O–H groups in total. The summed E-state index contributed by atoms with van der Waals surface area (Å²) in [6.07, 6.45) is 2.92. The number of esters is 1. The highest BCUT2D eigenvalue weighted by Gasteiger charge is 2.03. The summed E-state index contributed by atoms with van der Waals surface area (Å²) >= 11 is 0. The molecule has 0 aromatic rings. The van der Waals surface area contributed by atoms with E-state index >= 15 is 0 Å². The van der Waals surface area contributed by atoms with Gasteiger partial charge in [0.15, 0.2) is 0 Å². The summed E-state index contributed by atoms with van der Waals surface area (Å²) in [5.74, 6) is 4.06. The number of hydrogen-bond donors (Lipinski definition) is 3. The third-order valence-corrected chi connectivity index (χ3v) is 1.46. The van der Waals surface area contributed by atoms with Crippen LogP contribution in [0.1, 0.15) is 13.3 Å². The summed E-state index contributed by atoms with van der Waals surface area (Å²) in [6, 6.07) is 0. The van der Waals surface area contributed by atoms with Crippen molar-refractivity contribution in [1.29, 1.82) is 0 Å². The number of carbonyl (C=O) groups is 3. The Bertz CT molecular complexity index is 316. The fourth-order valence-electron chi connectivity index (χ4n) is 0.747. The first-order chi connectivity index (χ1) is 8.97. The Hall–Kier alpha value is -1.99. The van der Waals surface area contributed by atoms with Crippen LogP contribution in [-0.4, -0.2) is 37.4 Å². The molecule has 0 rings (SSSR count). The highest BCUT2D eigenvalue weighted by Crippen LogP contribution is 1.87. The third-order valence-electron chi connectivity index (χ3n) is 1.46. The molecular formula is C12H21N3O4. The molecule has 0 radical (unpaired) electrons. The molecule has 7 heteroatoms. The van der Waals surface area contributed by atoms with Gasteiger partial charge >= 0.3 is 5.97 Å². The molecule has 0 unspecified atom stereocenters. The quantitative estimate of drug-likeness (QED) is 0.179. The first kappa shape index (κ1) is 19.4. The highest BCUT2D eigenvalue weighted by atomic mass is 16.5. The Balaban J connectivity index is 0. The normalized spacial score (nSPS) is 8.53. The minimum atomic E-state index is -0.493. The van der Waals surface area contributed by atoms with Crippen LogP contribution in [0.25, 0.3) is 0 Å². The van der Waals surface area contributed by atoms with Gasteiger partial charge in [0.05, 0.1) is 6.54 Å². The summed E-state index contributed by atoms with van der Waals surface area (Å²) < 4.78 is 4.52. The number of amides is 1. The molecule has 0 saturated carbocycles. The van der Waals surface area contributed by atoms with Crippen molar-refractivity contribution in [3.63, 3.8) is 0 Å². The van der Waals surface area contributed by atoms with Crippen LogP contribution in [-0.2, 0) is 19.1 Å². The van der Waals surface area contributed by atoms with Gasteiger partial charge in [-0.25, -0.2) is 0 Å². The second-order valence-electron chi connectivity index (χ2n) is 3.32. The summed E-state index contributed by atoms with van der Waals surface area (Å²) in [5, 5.41) is 2.53. The number of nitrogens with two attached hydrogens (primary N) is 1. The fraction of sp³-hybridized carbons (Fsp3) is 0.417. The van der Waals surface area contributed by atoms with E-state index in [0.717, 1.165) is 0 Å². The average molecular weight is 271 g/mol. The van der Waals surface area contributed by atoms with Gasteiger partial charge in [0.2, 0.25) is 5.91 Å². The summed E-state index contributed by atoms with van der Waals surface area (Å²) in [5.41, 5.74) is 2.23. The Morgan fingerprint density at radius 1 is 1.26 bits per heavy atom. The van der Waals surface area contributed by atoms with E-state index in [-0.39, 0.29) is 31.3 Å². The number of Topliss-reactive ketones (excluding diaryl/α,β-unsaturated/α-hetero) is 1. The van der Waals surface area contributed by atoms with Crippen LogP contribution in [0.4, 0.5) is 0 Å². The van der Waals surface area contributed by atoms with Crippen molar-refractivity contribution in [2.45, 2.75) is 13.3 Å². The molecule has 0 saturated heterocycles. The maximum absolute atomic E-state index is 10.5. The molecule has 0 heterocycles. The monoisotopic (exact) mass is 271 g/mol. The second kappa shape index (κ2) is 14.1. The van der Waals surface area contributed by atoms with Crippen LogP contribution in [0, 0.1) is 0 Å². The molecule has 0 aromatic heterocycles. The van der Waals surface area contributed by atoms with Crippen molar-refractivity contribution < 1.29 is 19.1 Å². The van der Waals surface area contributed by atoms with Crippen LogP contribution < -0.4 is 16.6 Å². The molecular weight excluding hydrogens is 250 g/mol. The average Bonchev–Trinajstić information content (AvgIpc) is 2.34. The fourth-order valence-corrected chi connectivity index (χ4v) is 0.747. The predicted molar refractivity (Wildman–Crippen MR) is 71.9 cm³/mol. The van der Waals surface area contributed by atoms with E-state index in [9.17, 15) is 14.4 Å². The molecule has 0 aromatic carbocycles. The SMILES string of the molecule is C=CCNC(=O)CNN.C=CCOC(=O)CC(C)=O.